The lowest BCUT2D eigenvalue weighted by atomic mass is 9.90. The Morgan fingerprint density at radius 1 is 0.661 bits per heavy atom. The molecule has 7 heteroatoms. The van der Waals surface area contributed by atoms with Crippen LogP contribution in [-0.2, 0) is 10.8 Å². The van der Waals surface area contributed by atoms with Crippen molar-refractivity contribution in [2.45, 2.75) is 177 Å². The lowest BCUT2D eigenvalue weighted by Gasteiger charge is -2.22. The average Bonchev–Trinajstić information content (AvgIpc) is 3.94. The monoisotopic (exact) mass is 819 g/mol. The van der Waals surface area contributed by atoms with Gasteiger partial charge in [0.25, 0.3) is 5.91 Å². The first-order chi connectivity index (χ1) is 26.7. The Bertz CT molecular complexity index is 1850. The summed E-state index contributed by atoms with van der Waals surface area (Å²) in [4.78, 5) is 21.3. The number of carbonyl (C=O) groups is 1. The Balaban J connectivity index is 1.68. The fraction of sp³-hybridized carbons (Fsp3) is 0.653. The van der Waals surface area contributed by atoms with E-state index in [2.05, 4.69) is 94.9 Å². The first kappa shape index (κ1) is 44.7. The van der Waals surface area contributed by atoms with Gasteiger partial charge in [-0.1, -0.05) is 153 Å². The summed E-state index contributed by atoms with van der Waals surface area (Å²) >= 11 is 5.45. The molecule has 0 N–H and O–H groups in total. The van der Waals surface area contributed by atoms with Gasteiger partial charge in [-0.2, -0.15) is 0 Å². The number of ether oxygens (including phenoxy) is 2. The molecular weight excluding hydrogens is 747 g/mol. The smallest absolute Gasteiger partial charge is 0.260 e. The number of fused-ring (bicyclic) bond motifs is 3. The van der Waals surface area contributed by atoms with E-state index in [0.717, 1.165) is 80.4 Å². The molecule has 3 aromatic heterocycles. The quantitative estimate of drug-likeness (QED) is 0.0742. The second kappa shape index (κ2) is 19.6. The average molecular weight is 820 g/mol. The van der Waals surface area contributed by atoms with Crippen LogP contribution in [0.5, 0.6) is 11.5 Å². The molecule has 310 valence electrons. The fourth-order valence-corrected chi connectivity index (χ4v) is 11.8. The zero-order valence-electron chi connectivity index (χ0n) is 36.9. The van der Waals surface area contributed by atoms with Gasteiger partial charge in [-0.3, -0.25) is 4.79 Å². The molecule has 0 aliphatic carbocycles. The molecule has 5 rings (SSSR count). The maximum absolute atomic E-state index is 14.6. The van der Waals surface area contributed by atoms with Gasteiger partial charge in [0.15, 0.2) is 0 Å². The van der Waals surface area contributed by atoms with Crippen LogP contribution in [0.2, 0.25) is 0 Å². The predicted octanol–water partition coefficient (Wildman–Crippen LogP) is 16.4. The molecule has 1 aliphatic rings. The molecule has 1 aromatic carbocycles. The first-order valence-corrected chi connectivity index (χ1v) is 24.6. The number of unbranched alkanes of at least 4 members (excludes halogenated alkanes) is 7. The lowest BCUT2D eigenvalue weighted by molar-refractivity contribution is 0.0849. The zero-order chi connectivity index (χ0) is 40.8. The summed E-state index contributed by atoms with van der Waals surface area (Å²) in [5, 5.41) is 2.29. The van der Waals surface area contributed by atoms with Crippen molar-refractivity contribution in [3.8, 4) is 21.3 Å². The van der Waals surface area contributed by atoms with Crippen LogP contribution in [0.3, 0.4) is 0 Å². The number of amides is 1. The molecule has 2 atom stereocenters. The van der Waals surface area contributed by atoms with E-state index < -0.39 is 0 Å². The van der Waals surface area contributed by atoms with Crippen molar-refractivity contribution < 1.29 is 14.3 Å². The van der Waals surface area contributed by atoms with Crippen molar-refractivity contribution >= 4 is 65.8 Å². The molecule has 2 unspecified atom stereocenters. The normalized spacial score (nSPS) is 14.7. The SMILES string of the molecule is C=C1c2c(C(C)(C)C)sc(-c3cc4c(OCC(CC)CCCC)c5sc(C(C)(C)C)cc5c(OCC(CC)CCCC)c4s3)c2C(=O)N1CCCCCCCC. The number of benzene rings is 1. The number of thiophene rings is 3. The molecule has 1 amide bonds. The highest BCUT2D eigenvalue weighted by molar-refractivity contribution is 7.27. The van der Waals surface area contributed by atoms with Crippen LogP contribution in [0.25, 0.3) is 35.6 Å². The van der Waals surface area contributed by atoms with Gasteiger partial charge in [0.1, 0.15) is 11.5 Å². The highest BCUT2D eigenvalue weighted by Crippen LogP contribution is 2.56. The second-order valence-corrected chi connectivity index (χ2v) is 21.6. The molecule has 0 saturated heterocycles. The van der Waals surface area contributed by atoms with Crippen molar-refractivity contribution in [3.05, 3.63) is 39.6 Å². The minimum absolute atomic E-state index is 0.00197. The third kappa shape index (κ3) is 9.91. The minimum Gasteiger partial charge on any atom is -0.491 e. The van der Waals surface area contributed by atoms with Crippen LogP contribution in [0.4, 0.5) is 0 Å². The molecule has 0 bridgehead atoms. The van der Waals surface area contributed by atoms with Gasteiger partial charge in [0.05, 0.1) is 33.1 Å². The van der Waals surface area contributed by atoms with Crippen molar-refractivity contribution in [1.82, 2.24) is 4.90 Å². The molecule has 4 nitrogen and oxygen atoms in total. The number of hydrogen-bond acceptors (Lipinski definition) is 6. The molecule has 0 fully saturated rings. The van der Waals surface area contributed by atoms with E-state index >= 15 is 0 Å². The van der Waals surface area contributed by atoms with Crippen LogP contribution >= 0.6 is 34.0 Å². The van der Waals surface area contributed by atoms with Crippen LogP contribution in [-0.4, -0.2) is 30.6 Å². The van der Waals surface area contributed by atoms with Crippen molar-refractivity contribution in [3.63, 3.8) is 0 Å². The van der Waals surface area contributed by atoms with E-state index in [9.17, 15) is 4.79 Å². The highest BCUT2D eigenvalue weighted by atomic mass is 32.1. The summed E-state index contributed by atoms with van der Waals surface area (Å²) < 4.78 is 16.5. The van der Waals surface area contributed by atoms with Crippen molar-refractivity contribution in [2.24, 2.45) is 11.8 Å². The summed E-state index contributed by atoms with van der Waals surface area (Å²) in [6.07, 6.45) is 16.6. The number of carbonyl (C=O) groups excluding carboxylic acids is 1. The van der Waals surface area contributed by atoms with Crippen LogP contribution in [0.1, 0.15) is 192 Å². The van der Waals surface area contributed by atoms with Gasteiger partial charge < -0.3 is 14.4 Å². The predicted molar refractivity (Wildman–Crippen MR) is 249 cm³/mol. The zero-order valence-corrected chi connectivity index (χ0v) is 39.4. The van der Waals surface area contributed by atoms with E-state index in [-0.39, 0.29) is 16.7 Å². The van der Waals surface area contributed by atoms with Crippen LogP contribution in [0.15, 0.2) is 18.7 Å². The first-order valence-electron chi connectivity index (χ1n) is 22.2. The number of nitrogens with zero attached hydrogens (tertiary/aromatic N) is 1. The Labute approximate surface area is 352 Å². The molecule has 56 heavy (non-hydrogen) atoms. The summed E-state index contributed by atoms with van der Waals surface area (Å²) in [6.45, 7) is 31.9. The molecule has 4 heterocycles. The number of hydrogen-bond donors (Lipinski definition) is 0. The van der Waals surface area contributed by atoms with Crippen LogP contribution in [0, 0.1) is 11.8 Å². The molecule has 0 saturated carbocycles. The summed E-state index contributed by atoms with van der Waals surface area (Å²) in [5.41, 5.74) is 2.67. The van der Waals surface area contributed by atoms with E-state index in [0.29, 0.717) is 25.0 Å². The van der Waals surface area contributed by atoms with Gasteiger partial charge in [0, 0.05) is 43.2 Å². The number of rotatable bonds is 22. The van der Waals surface area contributed by atoms with Gasteiger partial charge in [-0.15, -0.1) is 34.0 Å². The maximum Gasteiger partial charge on any atom is 0.260 e. The standard InChI is InChI=1S/C49H73NO3S3/c1-13-18-21-22-23-24-27-50-32(6)39-40(47(50)51)45(56-46(39)49(10,11)12)37-28-35-41(52-30-33(16-4)25-19-14-2)44-36(29-38(55-44)48(7,8)9)42(43(35)54-37)53-31-34(17-5)26-20-15-3/h28-29,33-34H,6,13-27,30-31H2,1-5,7-12H3. The van der Waals surface area contributed by atoms with Gasteiger partial charge in [-0.25, -0.2) is 0 Å². The van der Waals surface area contributed by atoms with Crippen LogP contribution < -0.4 is 9.47 Å². The van der Waals surface area contributed by atoms with E-state index in [1.807, 2.05) is 16.2 Å². The van der Waals surface area contributed by atoms with E-state index in [1.54, 1.807) is 22.7 Å². The fourth-order valence-electron chi connectivity index (χ4n) is 7.96. The van der Waals surface area contributed by atoms with Crippen molar-refractivity contribution in [1.29, 1.82) is 0 Å². The molecular formula is C49H73NO3S3. The molecule has 1 aliphatic heterocycles. The van der Waals surface area contributed by atoms with Gasteiger partial charge >= 0.3 is 0 Å². The Morgan fingerprint density at radius 3 is 1.73 bits per heavy atom. The molecule has 0 radical (unpaired) electrons. The van der Waals surface area contributed by atoms with Gasteiger partial charge in [-0.05, 0) is 54.1 Å². The largest absolute Gasteiger partial charge is 0.491 e. The Morgan fingerprint density at radius 2 is 1.20 bits per heavy atom. The summed E-state index contributed by atoms with van der Waals surface area (Å²) in [6, 6.07) is 4.72. The Kier molecular flexibility index (Phi) is 15.7. The van der Waals surface area contributed by atoms with E-state index in [1.165, 1.54) is 84.0 Å². The van der Waals surface area contributed by atoms with Crippen molar-refractivity contribution in [2.75, 3.05) is 19.8 Å². The third-order valence-corrected chi connectivity index (χ3v) is 16.2. The van der Waals surface area contributed by atoms with E-state index in [4.69, 9.17) is 9.47 Å². The lowest BCUT2D eigenvalue weighted by Crippen LogP contribution is -2.24. The Hall–Kier alpha value is -2.35. The maximum atomic E-state index is 14.6. The minimum atomic E-state index is -0.126. The summed E-state index contributed by atoms with van der Waals surface area (Å²) in [7, 11) is 0. The topological polar surface area (TPSA) is 38.8 Å². The third-order valence-electron chi connectivity index (χ3n) is 11.7. The molecule has 0 spiro atoms. The second-order valence-electron chi connectivity index (χ2n) is 18.5. The summed E-state index contributed by atoms with van der Waals surface area (Å²) in [5.74, 6) is 3.11. The van der Waals surface area contributed by atoms with Gasteiger partial charge in [0.2, 0.25) is 0 Å². The molecule has 4 aromatic rings. The highest BCUT2D eigenvalue weighted by Gasteiger charge is 2.41.